The van der Waals surface area contributed by atoms with Crippen LogP contribution in [0.2, 0.25) is 0 Å². The van der Waals surface area contributed by atoms with Gasteiger partial charge < -0.3 is 5.32 Å². The lowest BCUT2D eigenvalue weighted by Crippen LogP contribution is -2.43. The fourth-order valence-corrected chi connectivity index (χ4v) is 5.78. The molecule has 2 unspecified atom stereocenters. The van der Waals surface area contributed by atoms with Crippen molar-refractivity contribution in [1.82, 2.24) is 5.32 Å². The Bertz CT molecular complexity index is 406. The van der Waals surface area contributed by atoms with Gasteiger partial charge >= 0.3 is 0 Å². The van der Waals surface area contributed by atoms with Crippen molar-refractivity contribution in [3.05, 3.63) is 0 Å². The van der Waals surface area contributed by atoms with Crippen molar-refractivity contribution in [3.8, 4) is 0 Å². The van der Waals surface area contributed by atoms with E-state index in [4.69, 9.17) is 4.99 Å². The normalized spacial score (nSPS) is 32.6. The van der Waals surface area contributed by atoms with Gasteiger partial charge in [0, 0.05) is 5.54 Å². The van der Waals surface area contributed by atoms with Gasteiger partial charge in [0.1, 0.15) is 0 Å². The summed E-state index contributed by atoms with van der Waals surface area (Å²) in [5, 5.41) is 4.77. The zero-order valence-electron chi connectivity index (χ0n) is 17.6. The van der Waals surface area contributed by atoms with Gasteiger partial charge in [-0.1, -0.05) is 70.6 Å². The van der Waals surface area contributed by atoms with Crippen LogP contribution in [0.5, 0.6) is 0 Å². The van der Waals surface area contributed by atoms with Gasteiger partial charge in [0.25, 0.3) is 0 Å². The van der Waals surface area contributed by atoms with E-state index in [9.17, 15) is 0 Å². The van der Waals surface area contributed by atoms with Crippen LogP contribution in [0.15, 0.2) is 4.99 Å². The smallest absolute Gasteiger partial charge is 0.156 e. The van der Waals surface area contributed by atoms with Crippen LogP contribution in [-0.2, 0) is 0 Å². The highest BCUT2D eigenvalue weighted by Crippen LogP contribution is 2.45. The summed E-state index contributed by atoms with van der Waals surface area (Å²) in [6.45, 7) is 11.5. The Balaban J connectivity index is 2.13. The number of hydrogen-bond donors (Lipinski definition) is 1. The van der Waals surface area contributed by atoms with Crippen molar-refractivity contribution in [2.75, 3.05) is 6.26 Å². The first kappa shape index (κ1) is 21.1. The van der Waals surface area contributed by atoms with Crippen LogP contribution in [0.3, 0.4) is 0 Å². The van der Waals surface area contributed by atoms with E-state index in [0.717, 1.165) is 28.8 Å². The van der Waals surface area contributed by atoms with Crippen molar-refractivity contribution in [3.63, 3.8) is 0 Å². The number of aliphatic imine (C=N–C) groups is 1. The second kappa shape index (κ2) is 9.67. The topological polar surface area (TPSA) is 24.4 Å². The molecule has 25 heavy (non-hydrogen) atoms. The summed E-state index contributed by atoms with van der Waals surface area (Å²) < 4.78 is 0. The molecule has 2 aliphatic rings. The molecule has 146 valence electrons. The molecule has 2 aliphatic carbocycles. The van der Waals surface area contributed by atoms with Gasteiger partial charge in [-0.3, -0.25) is 4.99 Å². The molecule has 0 aromatic heterocycles. The van der Waals surface area contributed by atoms with E-state index in [2.05, 4.69) is 46.2 Å². The maximum absolute atomic E-state index is 5.29. The highest BCUT2D eigenvalue weighted by molar-refractivity contribution is 8.13. The van der Waals surface area contributed by atoms with Crippen LogP contribution in [-0.4, -0.2) is 23.0 Å². The molecule has 2 atom stereocenters. The third-order valence-corrected chi connectivity index (χ3v) is 7.08. The Morgan fingerprint density at radius 1 is 0.960 bits per heavy atom. The molecule has 0 saturated heterocycles. The minimum Gasteiger partial charge on any atom is -0.360 e. The second-order valence-corrected chi connectivity index (χ2v) is 10.3. The van der Waals surface area contributed by atoms with Crippen molar-refractivity contribution in [1.29, 1.82) is 0 Å². The van der Waals surface area contributed by atoms with Gasteiger partial charge in [-0.15, -0.1) is 0 Å². The van der Waals surface area contributed by atoms with E-state index in [1.807, 2.05) is 0 Å². The first-order valence-electron chi connectivity index (χ1n) is 10.8. The molecule has 2 fully saturated rings. The van der Waals surface area contributed by atoms with E-state index >= 15 is 0 Å². The lowest BCUT2D eigenvalue weighted by molar-refractivity contribution is 0.0961. The molecule has 0 aromatic rings. The van der Waals surface area contributed by atoms with Crippen LogP contribution < -0.4 is 5.32 Å². The average Bonchev–Trinajstić information content (AvgIpc) is 2.60. The molecule has 2 saturated carbocycles. The number of rotatable bonds is 4. The Morgan fingerprint density at radius 3 is 1.96 bits per heavy atom. The molecule has 0 heterocycles. The summed E-state index contributed by atoms with van der Waals surface area (Å²) in [6, 6.07) is 0.521. The highest BCUT2D eigenvalue weighted by atomic mass is 32.2. The third-order valence-electron chi connectivity index (χ3n) is 6.48. The largest absolute Gasteiger partial charge is 0.360 e. The van der Waals surface area contributed by atoms with Gasteiger partial charge in [-0.05, 0) is 63.5 Å². The van der Waals surface area contributed by atoms with E-state index < -0.39 is 0 Å². The number of amidine groups is 1. The number of nitrogens with one attached hydrogen (secondary N) is 1. The maximum Gasteiger partial charge on any atom is 0.156 e. The molecule has 0 bridgehead atoms. The van der Waals surface area contributed by atoms with Gasteiger partial charge in [0.15, 0.2) is 5.17 Å². The Hall–Kier alpha value is -0.180. The molecule has 2 nitrogen and oxygen atoms in total. The Labute approximate surface area is 161 Å². The van der Waals surface area contributed by atoms with Crippen molar-refractivity contribution in [2.45, 2.75) is 104 Å². The van der Waals surface area contributed by atoms with Crippen molar-refractivity contribution < 1.29 is 0 Å². The van der Waals surface area contributed by atoms with E-state index in [1.54, 1.807) is 11.8 Å². The molecule has 1 N–H and O–H groups in total. The lowest BCUT2D eigenvalue weighted by atomic mass is 9.64. The van der Waals surface area contributed by atoms with Crippen molar-refractivity contribution in [2.24, 2.45) is 28.7 Å². The summed E-state index contributed by atoms with van der Waals surface area (Å²) >= 11 is 1.78. The molecular formula is C22H42N2S. The van der Waals surface area contributed by atoms with E-state index in [0.29, 0.717) is 6.04 Å². The Kier molecular flexibility index (Phi) is 8.17. The highest BCUT2D eigenvalue weighted by Gasteiger charge is 2.39. The number of hydrogen-bond acceptors (Lipinski definition) is 2. The monoisotopic (exact) mass is 366 g/mol. The zero-order valence-corrected chi connectivity index (χ0v) is 18.4. The Morgan fingerprint density at radius 2 is 1.52 bits per heavy atom. The first-order chi connectivity index (χ1) is 11.9. The molecule has 0 aliphatic heterocycles. The predicted molar refractivity (Wildman–Crippen MR) is 114 cm³/mol. The lowest BCUT2D eigenvalue weighted by Gasteiger charge is -2.44. The average molecular weight is 367 g/mol. The van der Waals surface area contributed by atoms with Crippen LogP contribution >= 0.6 is 11.8 Å². The van der Waals surface area contributed by atoms with Crippen molar-refractivity contribution >= 4 is 16.9 Å². The van der Waals surface area contributed by atoms with Crippen LogP contribution in [0, 0.1) is 23.7 Å². The second-order valence-electron chi connectivity index (χ2n) is 9.47. The van der Waals surface area contributed by atoms with E-state index in [1.165, 1.54) is 57.8 Å². The van der Waals surface area contributed by atoms with Crippen LogP contribution in [0.1, 0.15) is 92.4 Å². The minimum absolute atomic E-state index is 0.0879. The summed E-state index contributed by atoms with van der Waals surface area (Å²) in [5.41, 5.74) is 0.0879. The van der Waals surface area contributed by atoms with E-state index in [-0.39, 0.29) is 5.54 Å². The van der Waals surface area contributed by atoms with Gasteiger partial charge in [0.05, 0.1) is 6.04 Å². The predicted octanol–water partition coefficient (Wildman–Crippen LogP) is 6.50. The molecular weight excluding hydrogens is 324 g/mol. The maximum atomic E-state index is 5.29. The number of thioether (sulfide) groups is 1. The molecule has 3 heteroatoms. The molecule has 0 spiro atoms. The first-order valence-corrected chi connectivity index (χ1v) is 12.0. The van der Waals surface area contributed by atoms with Crippen LogP contribution in [0.25, 0.3) is 0 Å². The van der Waals surface area contributed by atoms with Crippen LogP contribution in [0.4, 0.5) is 0 Å². The van der Waals surface area contributed by atoms with Gasteiger partial charge in [-0.25, -0.2) is 0 Å². The SMILES string of the molecule is CCC1CC(C2CCCCC2)CC(CC)C1N=C(NC(C)(C)C)SC. The quantitative estimate of drug-likeness (QED) is 0.453. The van der Waals surface area contributed by atoms with Gasteiger partial charge in [-0.2, -0.15) is 0 Å². The van der Waals surface area contributed by atoms with Gasteiger partial charge in [0.2, 0.25) is 0 Å². The fourth-order valence-electron chi connectivity index (χ4n) is 5.15. The molecule has 0 aromatic carbocycles. The summed E-state index contributed by atoms with van der Waals surface area (Å²) in [5.74, 6) is 3.52. The molecule has 0 amide bonds. The standard InChI is InChI=1S/C22H42N2S/c1-7-16-14-19(18-12-10-9-11-13-18)15-17(8-2)20(16)23-21(25-6)24-22(3,4)5/h16-20H,7-15H2,1-6H3,(H,23,24). The third kappa shape index (κ3) is 6.19. The summed E-state index contributed by atoms with van der Waals surface area (Å²) in [4.78, 5) is 5.29. The summed E-state index contributed by atoms with van der Waals surface area (Å²) in [7, 11) is 0. The zero-order chi connectivity index (χ0) is 18.4. The minimum atomic E-state index is 0.0879. The number of nitrogens with zero attached hydrogens (tertiary/aromatic N) is 1. The fraction of sp³-hybridized carbons (Fsp3) is 0.955. The summed E-state index contributed by atoms with van der Waals surface area (Å²) in [6.07, 6.45) is 15.0. The molecule has 0 radical (unpaired) electrons. The molecule has 2 rings (SSSR count).